The summed E-state index contributed by atoms with van der Waals surface area (Å²) in [4.78, 5) is 35.8. The fraction of sp³-hybridized carbons (Fsp3) is 0.455. The number of aromatic nitrogens is 4. The molecule has 3 aromatic rings. The second kappa shape index (κ2) is 9.30. The number of nitrogens with one attached hydrogen (secondary N) is 2. The molecule has 11 heteroatoms. The van der Waals surface area contributed by atoms with E-state index in [-0.39, 0.29) is 30.6 Å². The van der Waals surface area contributed by atoms with E-state index < -0.39 is 36.0 Å². The van der Waals surface area contributed by atoms with Crippen molar-refractivity contribution in [3.05, 3.63) is 46.5 Å². The van der Waals surface area contributed by atoms with Gasteiger partial charge in [0.1, 0.15) is 18.0 Å². The van der Waals surface area contributed by atoms with E-state index in [1.807, 2.05) is 12.1 Å². The number of fused-ring (bicyclic) bond motifs is 1. The molecule has 1 saturated heterocycles. The van der Waals surface area contributed by atoms with Gasteiger partial charge in [-0.1, -0.05) is 26.0 Å². The number of methoxy groups -OCH3 is 1. The van der Waals surface area contributed by atoms with Crippen molar-refractivity contribution in [2.24, 2.45) is 0 Å². The number of hydrogen-bond donors (Lipinski definition) is 3. The second-order valence-electron chi connectivity index (χ2n) is 8.06. The molecule has 0 spiro atoms. The molecular weight excluding hydrogens is 430 g/mol. The summed E-state index contributed by atoms with van der Waals surface area (Å²) in [5, 5.41) is 12.9. The van der Waals surface area contributed by atoms with Gasteiger partial charge in [0.15, 0.2) is 24.0 Å². The molecule has 4 rings (SSSR count). The van der Waals surface area contributed by atoms with Crippen LogP contribution in [0.15, 0.2) is 35.4 Å². The average molecular weight is 458 g/mol. The minimum atomic E-state index is -1.03. The van der Waals surface area contributed by atoms with Crippen LogP contribution in [0.1, 0.15) is 39.8 Å². The summed E-state index contributed by atoms with van der Waals surface area (Å²) in [7, 11) is 1.41. The molecule has 3 heterocycles. The van der Waals surface area contributed by atoms with Crippen LogP contribution in [0.25, 0.3) is 11.2 Å². The average Bonchev–Trinajstić information content (AvgIpc) is 3.38. The van der Waals surface area contributed by atoms with Crippen LogP contribution in [0.4, 0.5) is 5.95 Å². The molecule has 0 saturated carbocycles. The largest absolute Gasteiger partial charge is 0.484 e. The number of imidazole rings is 1. The summed E-state index contributed by atoms with van der Waals surface area (Å²) in [5.74, 6) is 0.324. The number of rotatable bonds is 7. The first kappa shape index (κ1) is 21.6. The molecule has 3 N–H and O–H groups in total. The number of carbonyl (C=O) groups is 1. The second-order valence-corrected chi connectivity index (χ2v) is 8.06. The maximum absolute atomic E-state index is 12.5. The Balaban J connectivity index is 1.50. The van der Waals surface area contributed by atoms with Crippen molar-refractivity contribution in [2.75, 3.05) is 19.0 Å². The van der Waals surface area contributed by atoms with Crippen LogP contribution in [0.2, 0.25) is 0 Å². The monoisotopic (exact) mass is 458 g/mol. The number of benzene rings is 1. The minimum Gasteiger partial charge on any atom is -0.484 e. The van der Waals surface area contributed by atoms with Crippen LogP contribution in [0.5, 0.6) is 5.75 Å². The normalized spacial score (nSPS) is 23.1. The van der Waals surface area contributed by atoms with Gasteiger partial charge in [-0.15, -0.1) is 0 Å². The lowest BCUT2D eigenvalue weighted by atomic mass is 10.0. The zero-order valence-electron chi connectivity index (χ0n) is 19.5. The van der Waals surface area contributed by atoms with Crippen LogP contribution >= 0.6 is 0 Å². The van der Waals surface area contributed by atoms with Crippen LogP contribution in [-0.4, -0.2) is 62.6 Å². The van der Waals surface area contributed by atoms with E-state index >= 15 is 0 Å². The lowest BCUT2D eigenvalue weighted by Gasteiger charge is -2.20. The lowest BCUT2D eigenvalue weighted by Crippen LogP contribution is -2.32. The highest BCUT2D eigenvalue weighted by atomic mass is 16.6. The van der Waals surface area contributed by atoms with Crippen molar-refractivity contribution in [3.8, 4) is 5.75 Å². The van der Waals surface area contributed by atoms with E-state index in [2.05, 4.69) is 34.1 Å². The first-order valence-electron chi connectivity index (χ1n) is 11.2. The standard InChI is InChI=1S/C22H27N5O6/c1-11(2)13-5-7-14(8-6-13)32-9-15(28)24-22-25-19-16(20(30)26-22)23-10-27(19)21-18(31-4)17(29)12(3)33-21/h5-8,10-12,17-18,21,29H,9H2,1-4H3,(H2,24,25,26,28,30)/t12-,17?,18+,21-/m1/s1/i3D. The quantitative estimate of drug-likeness (QED) is 0.484. The van der Waals surface area contributed by atoms with Crippen LogP contribution in [-0.2, 0) is 14.3 Å². The molecule has 2 aromatic heterocycles. The molecule has 0 bridgehead atoms. The fourth-order valence-electron chi connectivity index (χ4n) is 3.63. The molecule has 11 nitrogen and oxygen atoms in total. The molecule has 1 amide bonds. The highest BCUT2D eigenvalue weighted by Crippen LogP contribution is 2.32. The van der Waals surface area contributed by atoms with Gasteiger partial charge in [0.05, 0.1) is 12.4 Å². The number of hydrogen-bond acceptors (Lipinski definition) is 8. The highest BCUT2D eigenvalue weighted by Gasteiger charge is 2.43. The number of aliphatic hydroxyl groups is 1. The lowest BCUT2D eigenvalue weighted by molar-refractivity contribution is -0.118. The third-order valence-corrected chi connectivity index (χ3v) is 5.47. The van der Waals surface area contributed by atoms with Gasteiger partial charge >= 0.3 is 0 Å². The van der Waals surface area contributed by atoms with Crippen LogP contribution in [0, 0.1) is 0 Å². The Bertz CT molecular complexity index is 1210. The number of nitrogens with zero attached hydrogens (tertiary/aromatic N) is 3. The SMILES string of the molecule is [2H]C[C@H]1O[C@@H](n2cnc3c(=O)[nH]c(NC(=O)COc4ccc(C(C)C)cc4)nc32)[C@@H](OC)C1O. The van der Waals surface area contributed by atoms with Gasteiger partial charge < -0.3 is 19.3 Å². The van der Waals surface area contributed by atoms with Gasteiger partial charge in [0.25, 0.3) is 11.5 Å². The summed E-state index contributed by atoms with van der Waals surface area (Å²) in [6.07, 6.45) is -2.09. The molecule has 0 radical (unpaired) electrons. The number of ether oxygens (including phenoxy) is 3. The van der Waals surface area contributed by atoms with Crippen molar-refractivity contribution in [1.82, 2.24) is 19.5 Å². The van der Waals surface area contributed by atoms with E-state index in [1.54, 1.807) is 12.1 Å². The third kappa shape index (κ3) is 4.61. The molecule has 1 unspecified atom stereocenters. The van der Waals surface area contributed by atoms with E-state index in [0.717, 1.165) is 5.56 Å². The Labute approximate surface area is 191 Å². The molecule has 1 aliphatic heterocycles. The maximum atomic E-state index is 12.5. The molecule has 1 aromatic carbocycles. The van der Waals surface area contributed by atoms with Gasteiger partial charge in [-0.2, -0.15) is 4.98 Å². The number of aliphatic hydroxyl groups excluding tert-OH is 1. The van der Waals surface area contributed by atoms with Crippen LogP contribution in [0.3, 0.4) is 0 Å². The van der Waals surface area contributed by atoms with Gasteiger partial charge in [-0.25, -0.2) is 4.98 Å². The number of H-pyrrole nitrogens is 1. The summed E-state index contributed by atoms with van der Waals surface area (Å²) in [6.45, 7) is 3.73. The van der Waals surface area contributed by atoms with Crippen molar-refractivity contribution < 1.29 is 25.5 Å². The zero-order valence-corrected chi connectivity index (χ0v) is 18.5. The summed E-state index contributed by atoms with van der Waals surface area (Å²) < 4.78 is 25.6. The van der Waals surface area contributed by atoms with Crippen molar-refractivity contribution >= 4 is 23.0 Å². The molecule has 176 valence electrons. The van der Waals surface area contributed by atoms with Gasteiger partial charge in [-0.3, -0.25) is 24.5 Å². The van der Waals surface area contributed by atoms with Gasteiger partial charge in [0, 0.05) is 8.48 Å². The predicted octanol–water partition coefficient (Wildman–Crippen LogP) is 1.55. The van der Waals surface area contributed by atoms with Crippen molar-refractivity contribution in [1.29, 1.82) is 0 Å². The Kier molecular flexibility index (Phi) is 6.07. The first-order chi connectivity index (χ1) is 16.3. The Morgan fingerprint density at radius 1 is 1.39 bits per heavy atom. The first-order valence-corrected chi connectivity index (χ1v) is 10.5. The van der Waals surface area contributed by atoms with E-state index in [1.165, 1.54) is 18.0 Å². The van der Waals surface area contributed by atoms with Crippen molar-refractivity contribution in [2.45, 2.75) is 51.2 Å². The number of amides is 1. The van der Waals surface area contributed by atoms with Crippen LogP contribution < -0.4 is 15.6 Å². The highest BCUT2D eigenvalue weighted by molar-refractivity contribution is 5.90. The fourth-order valence-corrected chi connectivity index (χ4v) is 3.63. The molecule has 33 heavy (non-hydrogen) atoms. The summed E-state index contributed by atoms with van der Waals surface area (Å²) in [6, 6.07) is 7.46. The van der Waals surface area contributed by atoms with Gasteiger partial charge in [-0.05, 0) is 30.5 Å². The van der Waals surface area contributed by atoms with Crippen molar-refractivity contribution in [3.63, 3.8) is 0 Å². The molecule has 4 atom stereocenters. The maximum Gasteiger partial charge on any atom is 0.280 e. The molecule has 1 aliphatic rings. The van der Waals surface area contributed by atoms with Gasteiger partial charge in [0.2, 0.25) is 5.95 Å². The molecule has 1 fully saturated rings. The number of aromatic amines is 1. The summed E-state index contributed by atoms with van der Waals surface area (Å²) in [5.41, 5.74) is 0.761. The molecule has 0 aliphatic carbocycles. The number of carbonyl (C=O) groups excluding carboxylic acids is 1. The van der Waals surface area contributed by atoms with E-state index in [0.29, 0.717) is 11.7 Å². The predicted molar refractivity (Wildman–Crippen MR) is 119 cm³/mol. The third-order valence-electron chi connectivity index (χ3n) is 5.47. The Morgan fingerprint density at radius 3 is 2.82 bits per heavy atom. The zero-order chi connectivity index (χ0) is 24.4. The topological polar surface area (TPSA) is 141 Å². The minimum absolute atomic E-state index is 0.0294. The Morgan fingerprint density at radius 2 is 2.15 bits per heavy atom. The smallest absolute Gasteiger partial charge is 0.280 e. The summed E-state index contributed by atoms with van der Waals surface area (Å²) >= 11 is 0. The molecular formula is C22H27N5O6. The van der Waals surface area contributed by atoms with E-state index in [4.69, 9.17) is 15.6 Å². The Hall–Kier alpha value is -3.28. The number of anilines is 1. The van der Waals surface area contributed by atoms with E-state index in [9.17, 15) is 14.7 Å².